The minimum Gasteiger partial charge on any atom is -0.402 e. The first-order valence-electron chi connectivity index (χ1n) is 6.03. The summed E-state index contributed by atoms with van der Waals surface area (Å²) >= 11 is 1.70. The highest BCUT2D eigenvalue weighted by molar-refractivity contribution is 7.08. The lowest BCUT2D eigenvalue weighted by Crippen LogP contribution is -2.19. The predicted molar refractivity (Wildman–Crippen MR) is 73.5 cm³/mol. The van der Waals surface area contributed by atoms with Crippen LogP contribution in [0.3, 0.4) is 0 Å². The van der Waals surface area contributed by atoms with Gasteiger partial charge in [0.15, 0.2) is 0 Å². The van der Waals surface area contributed by atoms with Crippen molar-refractivity contribution in [1.82, 2.24) is 0 Å². The van der Waals surface area contributed by atoms with E-state index in [-0.39, 0.29) is 6.61 Å². The molecule has 1 aliphatic carbocycles. The van der Waals surface area contributed by atoms with Gasteiger partial charge in [0.25, 0.3) is 0 Å². The molecule has 0 saturated heterocycles. The summed E-state index contributed by atoms with van der Waals surface area (Å²) in [6, 6.07) is 2.12. The fourth-order valence-corrected chi connectivity index (χ4v) is 3.04. The van der Waals surface area contributed by atoms with Crippen molar-refractivity contribution in [2.75, 3.05) is 6.61 Å². The van der Waals surface area contributed by atoms with Gasteiger partial charge in [-0.3, -0.25) is 0 Å². The van der Waals surface area contributed by atoms with Crippen LogP contribution in [0.1, 0.15) is 25.3 Å². The maximum absolute atomic E-state index is 9.10. The van der Waals surface area contributed by atoms with Crippen LogP contribution in [0.4, 0.5) is 0 Å². The highest BCUT2D eigenvalue weighted by atomic mass is 32.1. The van der Waals surface area contributed by atoms with E-state index in [0.717, 1.165) is 18.5 Å². The molecule has 1 aliphatic rings. The van der Waals surface area contributed by atoms with Crippen molar-refractivity contribution in [3.05, 3.63) is 40.2 Å². The van der Waals surface area contributed by atoms with Gasteiger partial charge < -0.3 is 10.8 Å². The quantitative estimate of drug-likeness (QED) is 0.865. The maximum atomic E-state index is 9.10. The Morgan fingerprint density at radius 3 is 3.00 bits per heavy atom. The van der Waals surface area contributed by atoms with Crippen molar-refractivity contribution in [2.45, 2.75) is 19.8 Å². The van der Waals surface area contributed by atoms with Crippen molar-refractivity contribution < 1.29 is 5.11 Å². The van der Waals surface area contributed by atoms with Crippen molar-refractivity contribution >= 4 is 16.9 Å². The summed E-state index contributed by atoms with van der Waals surface area (Å²) in [7, 11) is 0. The van der Waals surface area contributed by atoms with Gasteiger partial charge in [-0.2, -0.15) is 11.3 Å². The molecular weight excluding hydrogens is 230 g/mol. The standard InChI is InChI=1S/C14H19NOS/c1-10-2-3-11(12-5-7-17-9-12)8-14(15)13(10)4-6-16/h3,5,7-10,13,16H,2,4,6,15H2,1H3. The number of nitrogens with two attached hydrogens (primary N) is 1. The Morgan fingerprint density at radius 2 is 2.35 bits per heavy atom. The number of thiophene rings is 1. The lowest BCUT2D eigenvalue weighted by atomic mass is 9.87. The van der Waals surface area contributed by atoms with Crippen molar-refractivity contribution in [3.8, 4) is 0 Å². The van der Waals surface area contributed by atoms with Crippen molar-refractivity contribution in [2.24, 2.45) is 17.6 Å². The zero-order chi connectivity index (χ0) is 12.3. The first kappa shape index (κ1) is 12.4. The minimum atomic E-state index is 0.206. The van der Waals surface area contributed by atoms with Gasteiger partial charge in [-0.1, -0.05) is 13.0 Å². The Bertz CT molecular complexity index is 419. The first-order valence-corrected chi connectivity index (χ1v) is 6.97. The Morgan fingerprint density at radius 1 is 1.53 bits per heavy atom. The minimum absolute atomic E-state index is 0.206. The third-order valence-corrected chi connectivity index (χ3v) is 4.12. The molecule has 0 radical (unpaired) electrons. The van der Waals surface area contributed by atoms with Gasteiger partial charge in [-0.25, -0.2) is 0 Å². The molecule has 1 heterocycles. The van der Waals surface area contributed by atoms with E-state index in [4.69, 9.17) is 10.8 Å². The molecule has 2 atom stereocenters. The van der Waals surface area contributed by atoms with E-state index in [0.29, 0.717) is 11.8 Å². The SMILES string of the molecule is CC1CC=C(c2ccsc2)C=C(N)C1CCO. The molecule has 17 heavy (non-hydrogen) atoms. The van der Waals surface area contributed by atoms with E-state index in [2.05, 4.69) is 35.9 Å². The van der Waals surface area contributed by atoms with E-state index in [1.807, 2.05) is 0 Å². The molecule has 2 unspecified atom stereocenters. The molecule has 0 saturated carbocycles. The van der Waals surface area contributed by atoms with Crippen molar-refractivity contribution in [3.63, 3.8) is 0 Å². The molecule has 1 aromatic heterocycles. The molecular formula is C14H19NOS. The summed E-state index contributed by atoms with van der Waals surface area (Å²) < 4.78 is 0. The average Bonchev–Trinajstić information content (AvgIpc) is 2.80. The highest BCUT2D eigenvalue weighted by Crippen LogP contribution is 2.32. The molecule has 92 valence electrons. The molecule has 1 aromatic rings. The number of allylic oxidation sites excluding steroid dienone is 4. The van der Waals surface area contributed by atoms with Gasteiger partial charge in [-0.05, 0) is 52.8 Å². The fraction of sp³-hybridized carbons (Fsp3) is 0.429. The van der Waals surface area contributed by atoms with Gasteiger partial charge in [0, 0.05) is 18.2 Å². The summed E-state index contributed by atoms with van der Waals surface area (Å²) in [5, 5.41) is 13.3. The summed E-state index contributed by atoms with van der Waals surface area (Å²) in [6.45, 7) is 2.41. The Labute approximate surface area is 106 Å². The molecule has 0 fully saturated rings. The second-order valence-electron chi connectivity index (χ2n) is 4.65. The number of aliphatic hydroxyl groups is 1. The molecule has 0 amide bonds. The van der Waals surface area contributed by atoms with Crippen LogP contribution in [0.25, 0.3) is 5.57 Å². The second-order valence-corrected chi connectivity index (χ2v) is 5.43. The van der Waals surface area contributed by atoms with Crippen LogP contribution in [-0.4, -0.2) is 11.7 Å². The molecule has 2 nitrogen and oxygen atoms in total. The number of hydrogen-bond donors (Lipinski definition) is 2. The van der Waals surface area contributed by atoms with Crippen LogP contribution < -0.4 is 5.73 Å². The van der Waals surface area contributed by atoms with Gasteiger partial charge in [-0.15, -0.1) is 0 Å². The summed E-state index contributed by atoms with van der Waals surface area (Å²) in [5.41, 5.74) is 9.53. The smallest absolute Gasteiger partial charge is 0.0437 e. The maximum Gasteiger partial charge on any atom is 0.0437 e. The topological polar surface area (TPSA) is 46.2 Å². The second kappa shape index (κ2) is 5.52. The summed E-state index contributed by atoms with van der Waals surface area (Å²) in [4.78, 5) is 0. The third-order valence-electron chi connectivity index (χ3n) is 3.44. The Hall–Kier alpha value is -1.06. The monoisotopic (exact) mass is 249 g/mol. The normalized spacial score (nSPS) is 25.1. The van der Waals surface area contributed by atoms with Crippen LogP contribution in [0.15, 0.2) is 34.7 Å². The lowest BCUT2D eigenvalue weighted by molar-refractivity contribution is 0.243. The largest absolute Gasteiger partial charge is 0.402 e. The van der Waals surface area contributed by atoms with Crippen LogP contribution >= 0.6 is 11.3 Å². The average molecular weight is 249 g/mol. The molecule has 0 aromatic carbocycles. The number of hydrogen-bond acceptors (Lipinski definition) is 3. The zero-order valence-electron chi connectivity index (χ0n) is 10.1. The van der Waals surface area contributed by atoms with E-state index >= 15 is 0 Å². The molecule has 3 N–H and O–H groups in total. The lowest BCUT2D eigenvalue weighted by Gasteiger charge is -2.21. The van der Waals surface area contributed by atoms with Crippen LogP contribution in [0.2, 0.25) is 0 Å². The van der Waals surface area contributed by atoms with Gasteiger partial charge in [0.05, 0.1) is 0 Å². The molecule has 0 aliphatic heterocycles. The fourth-order valence-electron chi connectivity index (χ4n) is 2.37. The van der Waals surface area contributed by atoms with Crippen molar-refractivity contribution in [1.29, 1.82) is 0 Å². The molecule has 0 spiro atoms. The number of rotatable bonds is 3. The van der Waals surface area contributed by atoms with Crippen LogP contribution in [-0.2, 0) is 0 Å². The zero-order valence-corrected chi connectivity index (χ0v) is 10.9. The predicted octanol–water partition coefficient (Wildman–Crippen LogP) is 3.01. The van der Waals surface area contributed by atoms with Gasteiger partial charge >= 0.3 is 0 Å². The summed E-state index contributed by atoms with van der Waals surface area (Å²) in [5.74, 6) is 0.793. The summed E-state index contributed by atoms with van der Waals surface area (Å²) in [6.07, 6.45) is 6.12. The number of aliphatic hydroxyl groups excluding tert-OH is 1. The highest BCUT2D eigenvalue weighted by Gasteiger charge is 2.21. The van der Waals surface area contributed by atoms with Gasteiger partial charge in [0.2, 0.25) is 0 Å². The Balaban J connectivity index is 2.26. The molecule has 0 bridgehead atoms. The van der Waals surface area contributed by atoms with Crippen LogP contribution in [0, 0.1) is 11.8 Å². The van der Waals surface area contributed by atoms with Gasteiger partial charge in [0.1, 0.15) is 0 Å². The Kier molecular flexibility index (Phi) is 4.02. The molecule has 2 rings (SSSR count). The van der Waals surface area contributed by atoms with E-state index in [9.17, 15) is 0 Å². The van der Waals surface area contributed by atoms with E-state index < -0.39 is 0 Å². The van der Waals surface area contributed by atoms with E-state index in [1.54, 1.807) is 11.3 Å². The van der Waals surface area contributed by atoms with Crippen LogP contribution in [0.5, 0.6) is 0 Å². The van der Waals surface area contributed by atoms with E-state index in [1.165, 1.54) is 11.1 Å². The first-order chi connectivity index (χ1) is 8.22. The molecule has 3 heteroatoms. The third kappa shape index (κ3) is 2.79.